The van der Waals surface area contributed by atoms with Crippen LogP contribution in [0.4, 0.5) is 5.69 Å². The van der Waals surface area contributed by atoms with Gasteiger partial charge < -0.3 is 20.4 Å². The number of benzene rings is 1. The first-order valence-corrected chi connectivity index (χ1v) is 7.98. The summed E-state index contributed by atoms with van der Waals surface area (Å²) in [7, 11) is 1.94. The fourth-order valence-electron chi connectivity index (χ4n) is 2.06. The molecule has 7 heteroatoms. The minimum Gasteiger partial charge on any atom is -0.494 e. The number of H-pyrrole nitrogens is 1. The average molecular weight is 368 g/mol. The summed E-state index contributed by atoms with van der Waals surface area (Å²) in [6, 6.07) is 10.8. The van der Waals surface area contributed by atoms with Gasteiger partial charge in [-0.05, 0) is 50.7 Å². The number of anilines is 1. The number of unbranched alkanes of at least 4 members (excludes halogenated alkanes) is 1. The van der Waals surface area contributed by atoms with E-state index in [4.69, 9.17) is 17.0 Å². The van der Waals surface area contributed by atoms with Gasteiger partial charge in [-0.25, -0.2) is 0 Å². The number of ether oxygens (including phenoxy) is 1. The van der Waals surface area contributed by atoms with E-state index in [-0.39, 0.29) is 18.3 Å². The van der Waals surface area contributed by atoms with E-state index in [1.165, 1.54) is 0 Å². The molecule has 0 aliphatic carbocycles. The van der Waals surface area contributed by atoms with E-state index in [2.05, 4.69) is 15.6 Å². The van der Waals surface area contributed by atoms with Gasteiger partial charge in [-0.3, -0.25) is 4.79 Å². The van der Waals surface area contributed by atoms with Crippen molar-refractivity contribution < 1.29 is 9.53 Å². The van der Waals surface area contributed by atoms with Crippen molar-refractivity contribution in [2.45, 2.75) is 12.8 Å². The minimum absolute atomic E-state index is 0. The van der Waals surface area contributed by atoms with E-state index < -0.39 is 0 Å². The smallest absolute Gasteiger partial charge is 0.258 e. The van der Waals surface area contributed by atoms with Gasteiger partial charge in [-0.2, -0.15) is 0 Å². The monoisotopic (exact) mass is 367 g/mol. The van der Waals surface area contributed by atoms with Gasteiger partial charge in [0, 0.05) is 18.0 Å². The molecule has 1 amide bonds. The highest BCUT2D eigenvalue weighted by molar-refractivity contribution is 7.71. The number of aromatic amines is 1. The summed E-state index contributed by atoms with van der Waals surface area (Å²) >= 11 is 5.12. The maximum Gasteiger partial charge on any atom is 0.258 e. The predicted octanol–water partition coefficient (Wildman–Crippen LogP) is 3.80. The van der Waals surface area contributed by atoms with Crippen LogP contribution in [-0.2, 0) is 0 Å². The van der Waals surface area contributed by atoms with Gasteiger partial charge in [-0.15, -0.1) is 12.4 Å². The van der Waals surface area contributed by atoms with Crippen molar-refractivity contribution in [1.82, 2.24) is 10.3 Å². The largest absolute Gasteiger partial charge is 0.494 e. The molecule has 0 atom stereocenters. The summed E-state index contributed by atoms with van der Waals surface area (Å²) in [6.07, 6.45) is 3.75. The van der Waals surface area contributed by atoms with E-state index in [1.54, 1.807) is 18.3 Å². The third-order valence-electron chi connectivity index (χ3n) is 3.24. The molecular weight excluding hydrogens is 346 g/mol. The first-order chi connectivity index (χ1) is 11.2. The maximum atomic E-state index is 12.2. The molecule has 0 fully saturated rings. The average Bonchev–Trinajstić information content (AvgIpc) is 2.55. The number of hydrogen-bond donors (Lipinski definition) is 3. The molecule has 5 nitrogen and oxygen atoms in total. The van der Waals surface area contributed by atoms with Crippen molar-refractivity contribution in [1.29, 1.82) is 0 Å². The molecule has 0 radical (unpaired) electrons. The molecule has 0 aliphatic rings. The Bertz CT molecular complexity index is 706. The second-order valence-electron chi connectivity index (χ2n) is 5.05. The molecule has 3 N–H and O–H groups in total. The zero-order valence-corrected chi connectivity index (χ0v) is 15.1. The third-order valence-corrected chi connectivity index (χ3v) is 3.58. The molecule has 0 saturated heterocycles. The van der Waals surface area contributed by atoms with Crippen molar-refractivity contribution >= 4 is 36.2 Å². The van der Waals surface area contributed by atoms with Crippen molar-refractivity contribution in [2.24, 2.45) is 0 Å². The van der Waals surface area contributed by atoms with Crippen LogP contribution in [-0.4, -0.2) is 31.1 Å². The first-order valence-electron chi connectivity index (χ1n) is 7.57. The number of hydrogen-bond acceptors (Lipinski definition) is 4. The molecule has 0 bridgehead atoms. The molecule has 24 heavy (non-hydrogen) atoms. The second-order valence-corrected chi connectivity index (χ2v) is 5.46. The number of amides is 1. The van der Waals surface area contributed by atoms with Crippen LogP contribution in [0.2, 0.25) is 0 Å². The maximum absolute atomic E-state index is 12.2. The molecule has 0 unspecified atom stereocenters. The van der Waals surface area contributed by atoms with E-state index >= 15 is 0 Å². The quantitative estimate of drug-likeness (QED) is 0.490. The van der Waals surface area contributed by atoms with Gasteiger partial charge in [0.1, 0.15) is 10.4 Å². The van der Waals surface area contributed by atoms with Crippen molar-refractivity contribution in [3.05, 3.63) is 52.8 Å². The zero-order chi connectivity index (χ0) is 16.5. The number of rotatable bonds is 8. The van der Waals surface area contributed by atoms with Gasteiger partial charge >= 0.3 is 0 Å². The number of carbonyl (C=O) groups excluding carboxylic acids is 1. The van der Waals surface area contributed by atoms with E-state index in [1.807, 2.05) is 31.3 Å². The molecule has 2 rings (SSSR count). The molecule has 1 aromatic carbocycles. The number of carbonyl (C=O) groups is 1. The minimum atomic E-state index is -0.238. The van der Waals surface area contributed by atoms with Gasteiger partial charge in [-0.1, -0.05) is 18.3 Å². The Morgan fingerprint density at radius 3 is 2.83 bits per heavy atom. The zero-order valence-electron chi connectivity index (χ0n) is 13.5. The first kappa shape index (κ1) is 20.2. The molecule has 2 aromatic rings. The number of aromatic nitrogens is 1. The summed E-state index contributed by atoms with van der Waals surface area (Å²) in [5, 5.41) is 5.94. The van der Waals surface area contributed by atoms with Crippen LogP contribution in [0.3, 0.4) is 0 Å². The van der Waals surface area contributed by atoms with Crippen LogP contribution in [0.5, 0.6) is 5.75 Å². The van der Waals surface area contributed by atoms with Crippen LogP contribution in [0.25, 0.3) is 0 Å². The SMILES string of the molecule is CNCCCCOc1cccc(NC(=O)c2ccc[nH]c2=S)c1.Cl. The molecule has 0 saturated carbocycles. The summed E-state index contributed by atoms with van der Waals surface area (Å²) in [6.45, 7) is 1.64. The van der Waals surface area contributed by atoms with Crippen molar-refractivity contribution in [3.8, 4) is 5.75 Å². The molecule has 130 valence electrons. The lowest BCUT2D eigenvalue weighted by atomic mass is 10.2. The highest BCUT2D eigenvalue weighted by Gasteiger charge is 2.08. The van der Waals surface area contributed by atoms with Crippen LogP contribution < -0.4 is 15.4 Å². The second kappa shape index (κ2) is 10.8. The number of halogens is 1. The van der Waals surface area contributed by atoms with Crippen LogP contribution in [0.15, 0.2) is 42.6 Å². The predicted molar refractivity (Wildman–Crippen MR) is 102 cm³/mol. The fraction of sp³-hybridized carbons (Fsp3) is 0.294. The molecule has 0 spiro atoms. The highest BCUT2D eigenvalue weighted by atomic mass is 35.5. The highest BCUT2D eigenvalue weighted by Crippen LogP contribution is 2.18. The molecular formula is C17H22ClN3O2S. The lowest BCUT2D eigenvalue weighted by molar-refractivity contribution is 0.102. The third kappa shape index (κ3) is 6.31. The Morgan fingerprint density at radius 1 is 1.25 bits per heavy atom. The lowest BCUT2D eigenvalue weighted by Crippen LogP contribution is -2.13. The fourth-order valence-corrected chi connectivity index (χ4v) is 2.29. The Morgan fingerprint density at radius 2 is 2.08 bits per heavy atom. The van der Waals surface area contributed by atoms with Gasteiger partial charge in [0.25, 0.3) is 5.91 Å². The van der Waals surface area contributed by atoms with Gasteiger partial charge in [0.15, 0.2) is 0 Å². The van der Waals surface area contributed by atoms with Crippen molar-refractivity contribution in [3.63, 3.8) is 0 Å². The Labute approximate surface area is 153 Å². The lowest BCUT2D eigenvalue weighted by Gasteiger charge is -2.09. The normalized spacial score (nSPS) is 9.88. The number of pyridine rings is 1. The molecule has 1 heterocycles. The molecule has 1 aromatic heterocycles. The molecule has 0 aliphatic heterocycles. The number of nitrogens with one attached hydrogen (secondary N) is 3. The van der Waals surface area contributed by atoms with Crippen LogP contribution in [0, 0.1) is 4.64 Å². The standard InChI is InChI=1S/C17H21N3O2S.ClH/c1-18-9-2-3-11-22-14-7-4-6-13(12-14)20-16(21)15-8-5-10-19-17(15)23;/h4-8,10,12,18H,2-3,9,11H2,1H3,(H,19,23)(H,20,21);1H. The van der Waals surface area contributed by atoms with E-state index in [9.17, 15) is 4.79 Å². The van der Waals surface area contributed by atoms with Crippen molar-refractivity contribution in [2.75, 3.05) is 25.5 Å². The summed E-state index contributed by atoms with van der Waals surface area (Å²) in [4.78, 5) is 15.1. The topological polar surface area (TPSA) is 66.2 Å². The Hall–Kier alpha value is -1.89. The van der Waals surface area contributed by atoms with Crippen LogP contribution in [0.1, 0.15) is 23.2 Å². The summed E-state index contributed by atoms with van der Waals surface area (Å²) < 4.78 is 6.12. The Balaban J connectivity index is 0.00000288. The summed E-state index contributed by atoms with van der Waals surface area (Å²) in [5.74, 6) is 0.503. The Kier molecular flexibility index (Phi) is 9.07. The van der Waals surface area contributed by atoms with Gasteiger partial charge in [0.05, 0.1) is 12.2 Å². The van der Waals surface area contributed by atoms with E-state index in [0.29, 0.717) is 22.5 Å². The van der Waals surface area contributed by atoms with Gasteiger partial charge in [0.2, 0.25) is 0 Å². The van der Waals surface area contributed by atoms with Crippen LogP contribution >= 0.6 is 24.6 Å². The summed E-state index contributed by atoms with van der Waals surface area (Å²) in [5.41, 5.74) is 1.13. The van der Waals surface area contributed by atoms with E-state index in [0.717, 1.165) is 25.1 Å².